The fourth-order valence-corrected chi connectivity index (χ4v) is 3.26. The van der Waals surface area contributed by atoms with Gasteiger partial charge in [-0.3, -0.25) is 14.7 Å². The highest BCUT2D eigenvalue weighted by atomic mass is 19.2. The van der Waals surface area contributed by atoms with Crippen LogP contribution in [0.5, 0.6) is 0 Å². The molecule has 0 amide bonds. The summed E-state index contributed by atoms with van der Waals surface area (Å²) in [5.41, 5.74) is 0.641. The van der Waals surface area contributed by atoms with Crippen LogP contribution in [0.1, 0.15) is 16.8 Å². The lowest BCUT2D eigenvalue weighted by atomic mass is 10.0. The van der Waals surface area contributed by atoms with Gasteiger partial charge in [0.1, 0.15) is 5.82 Å². The zero-order valence-electron chi connectivity index (χ0n) is 14.5. The van der Waals surface area contributed by atoms with Crippen LogP contribution < -0.4 is 5.56 Å². The SMILES string of the molecule is O=c1[nH]c(-c2ccncc2)nc2c1CCN(Cc1c(F)c(F)cc(F)c1F)C2. The molecule has 0 fully saturated rings. The number of fused-ring (bicyclic) bond motifs is 1. The highest BCUT2D eigenvalue weighted by Crippen LogP contribution is 2.24. The quantitative estimate of drug-likeness (QED) is 0.552. The molecule has 144 valence electrons. The van der Waals surface area contributed by atoms with Gasteiger partial charge in [0.15, 0.2) is 23.3 Å². The second-order valence-electron chi connectivity index (χ2n) is 6.48. The van der Waals surface area contributed by atoms with E-state index in [-0.39, 0.29) is 24.7 Å². The molecular formula is C19H14F4N4O. The molecule has 9 heteroatoms. The van der Waals surface area contributed by atoms with Crippen molar-refractivity contribution in [3.05, 3.63) is 81.0 Å². The number of hydrogen-bond acceptors (Lipinski definition) is 4. The number of H-pyrrole nitrogens is 1. The van der Waals surface area contributed by atoms with Gasteiger partial charge in [0, 0.05) is 54.8 Å². The number of halogens is 4. The van der Waals surface area contributed by atoms with E-state index in [1.807, 2.05) is 0 Å². The molecule has 1 aromatic carbocycles. The van der Waals surface area contributed by atoms with Gasteiger partial charge in [0.2, 0.25) is 0 Å². The van der Waals surface area contributed by atoms with Crippen molar-refractivity contribution < 1.29 is 17.6 Å². The molecule has 0 saturated heterocycles. The Labute approximate surface area is 156 Å². The van der Waals surface area contributed by atoms with E-state index in [0.29, 0.717) is 35.6 Å². The smallest absolute Gasteiger partial charge is 0.254 e. The Morgan fingerprint density at radius 1 is 1.07 bits per heavy atom. The van der Waals surface area contributed by atoms with Crippen LogP contribution in [-0.4, -0.2) is 26.4 Å². The number of pyridine rings is 1. The van der Waals surface area contributed by atoms with Gasteiger partial charge in [0.25, 0.3) is 5.56 Å². The Hall–Kier alpha value is -3.07. The standard InChI is InChI=1S/C19H14F4N4O/c20-13-7-14(21)17(23)12(16(13)22)8-27-6-3-11-15(9-27)25-18(26-19(11)28)10-1-4-24-5-2-10/h1-2,4-5,7H,3,6,8-9H2,(H,25,26,28). The first-order chi connectivity index (χ1) is 13.4. The molecule has 28 heavy (non-hydrogen) atoms. The van der Waals surface area contributed by atoms with Gasteiger partial charge < -0.3 is 4.98 Å². The maximum atomic E-state index is 14.0. The van der Waals surface area contributed by atoms with Gasteiger partial charge in [-0.15, -0.1) is 0 Å². The van der Waals surface area contributed by atoms with E-state index < -0.39 is 28.8 Å². The number of rotatable bonds is 3. The van der Waals surface area contributed by atoms with E-state index in [1.165, 1.54) is 0 Å². The summed E-state index contributed by atoms with van der Waals surface area (Å²) in [6, 6.07) is 3.55. The molecule has 0 radical (unpaired) electrons. The summed E-state index contributed by atoms with van der Waals surface area (Å²) in [5.74, 6) is -5.37. The van der Waals surface area contributed by atoms with Crippen molar-refractivity contribution >= 4 is 0 Å². The van der Waals surface area contributed by atoms with Gasteiger partial charge in [-0.1, -0.05) is 0 Å². The molecule has 0 bridgehead atoms. The first kappa shape index (κ1) is 18.3. The molecule has 2 aromatic heterocycles. The molecule has 0 aliphatic carbocycles. The predicted octanol–water partition coefficient (Wildman–Crippen LogP) is 2.95. The van der Waals surface area contributed by atoms with Crippen LogP contribution in [0.3, 0.4) is 0 Å². The number of nitrogens with one attached hydrogen (secondary N) is 1. The third-order valence-corrected chi connectivity index (χ3v) is 4.69. The summed E-state index contributed by atoms with van der Waals surface area (Å²) in [5, 5.41) is 0. The average Bonchev–Trinajstić information content (AvgIpc) is 2.70. The normalized spacial score (nSPS) is 14.1. The summed E-state index contributed by atoms with van der Waals surface area (Å²) in [7, 11) is 0. The minimum atomic E-state index is -1.44. The van der Waals surface area contributed by atoms with Gasteiger partial charge in [-0.25, -0.2) is 22.5 Å². The van der Waals surface area contributed by atoms with E-state index in [4.69, 9.17) is 0 Å². The third-order valence-electron chi connectivity index (χ3n) is 4.69. The van der Waals surface area contributed by atoms with Crippen molar-refractivity contribution in [2.24, 2.45) is 0 Å². The first-order valence-corrected chi connectivity index (χ1v) is 8.50. The zero-order valence-corrected chi connectivity index (χ0v) is 14.5. The van der Waals surface area contributed by atoms with E-state index >= 15 is 0 Å². The summed E-state index contributed by atoms with van der Waals surface area (Å²) in [4.78, 5) is 25.0. The second kappa shape index (κ2) is 7.16. The van der Waals surface area contributed by atoms with E-state index in [2.05, 4.69) is 15.0 Å². The molecule has 1 N–H and O–H groups in total. The van der Waals surface area contributed by atoms with Crippen LogP contribution in [0.2, 0.25) is 0 Å². The van der Waals surface area contributed by atoms with Gasteiger partial charge in [-0.05, 0) is 18.6 Å². The maximum Gasteiger partial charge on any atom is 0.254 e. The lowest BCUT2D eigenvalue weighted by molar-refractivity contribution is 0.231. The highest BCUT2D eigenvalue weighted by Gasteiger charge is 2.25. The summed E-state index contributed by atoms with van der Waals surface area (Å²) in [6.45, 7) is 0.0720. The van der Waals surface area contributed by atoms with Crippen LogP contribution in [0, 0.1) is 23.3 Å². The molecule has 3 aromatic rings. The molecule has 1 aliphatic heterocycles. The van der Waals surface area contributed by atoms with Gasteiger partial charge in [0.05, 0.1) is 5.69 Å². The Kier molecular flexibility index (Phi) is 4.68. The van der Waals surface area contributed by atoms with Gasteiger partial charge in [-0.2, -0.15) is 0 Å². The molecule has 0 saturated carbocycles. The number of aromatic amines is 1. The highest BCUT2D eigenvalue weighted by molar-refractivity contribution is 5.54. The summed E-state index contributed by atoms with van der Waals surface area (Å²) >= 11 is 0. The maximum absolute atomic E-state index is 14.0. The predicted molar refractivity (Wildman–Crippen MR) is 92.2 cm³/mol. The number of nitrogens with zero attached hydrogens (tertiary/aromatic N) is 3. The average molecular weight is 390 g/mol. The minimum absolute atomic E-state index is 0.119. The molecule has 1 aliphatic rings. The van der Waals surface area contributed by atoms with Crippen molar-refractivity contribution in [2.45, 2.75) is 19.5 Å². The van der Waals surface area contributed by atoms with Crippen LogP contribution in [0.4, 0.5) is 17.6 Å². The van der Waals surface area contributed by atoms with Crippen molar-refractivity contribution in [3.8, 4) is 11.4 Å². The van der Waals surface area contributed by atoms with Gasteiger partial charge >= 0.3 is 0 Å². The minimum Gasteiger partial charge on any atom is -0.306 e. The second-order valence-corrected chi connectivity index (χ2v) is 6.48. The molecule has 3 heterocycles. The molecule has 0 atom stereocenters. The largest absolute Gasteiger partial charge is 0.306 e. The van der Waals surface area contributed by atoms with Crippen molar-refractivity contribution in [3.63, 3.8) is 0 Å². The Morgan fingerprint density at radius 3 is 2.43 bits per heavy atom. The third kappa shape index (κ3) is 3.29. The van der Waals surface area contributed by atoms with E-state index in [9.17, 15) is 22.4 Å². The lowest BCUT2D eigenvalue weighted by Crippen LogP contribution is -2.35. The van der Waals surface area contributed by atoms with E-state index in [1.54, 1.807) is 29.4 Å². The first-order valence-electron chi connectivity index (χ1n) is 8.50. The van der Waals surface area contributed by atoms with Crippen LogP contribution in [0.15, 0.2) is 35.4 Å². The molecule has 4 rings (SSSR count). The molecule has 5 nitrogen and oxygen atoms in total. The number of benzene rings is 1. The topological polar surface area (TPSA) is 61.9 Å². The zero-order chi connectivity index (χ0) is 19.8. The van der Waals surface area contributed by atoms with Crippen molar-refractivity contribution in [1.29, 1.82) is 0 Å². The Morgan fingerprint density at radius 2 is 1.75 bits per heavy atom. The molecule has 0 unspecified atom stereocenters. The lowest BCUT2D eigenvalue weighted by Gasteiger charge is -2.28. The fraction of sp³-hybridized carbons (Fsp3) is 0.211. The molecule has 0 spiro atoms. The number of aromatic nitrogens is 3. The van der Waals surface area contributed by atoms with Crippen LogP contribution >= 0.6 is 0 Å². The van der Waals surface area contributed by atoms with Crippen molar-refractivity contribution in [1.82, 2.24) is 19.9 Å². The monoisotopic (exact) mass is 390 g/mol. The van der Waals surface area contributed by atoms with Crippen LogP contribution in [0.25, 0.3) is 11.4 Å². The summed E-state index contributed by atoms with van der Waals surface area (Å²) in [6.07, 6.45) is 3.42. The Balaban J connectivity index is 1.65. The summed E-state index contributed by atoms with van der Waals surface area (Å²) < 4.78 is 54.8. The fourth-order valence-electron chi connectivity index (χ4n) is 3.26. The van der Waals surface area contributed by atoms with Crippen molar-refractivity contribution in [2.75, 3.05) is 6.54 Å². The Bertz CT molecular complexity index is 1080. The van der Waals surface area contributed by atoms with Crippen LogP contribution in [-0.2, 0) is 19.5 Å². The van der Waals surface area contributed by atoms with E-state index in [0.717, 1.165) is 0 Å². The number of hydrogen-bond donors (Lipinski definition) is 1. The molecular weight excluding hydrogens is 376 g/mol.